The molecule has 0 saturated carbocycles. The van der Waals surface area contributed by atoms with Gasteiger partial charge >= 0.3 is 0 Å². The van der Waals surface area contributed by atoms with Gasteiger partial charge in [0.2, 0.25) is 9.84 Å². The van der Waals surface area contributed by atoms with E-state index in [4.69, 9.17) is 0 Å². The summed E-state index contributed by atoms with van der Waals surface area (Å²) in [5, 5.41) is 11.6. The monoisotopic (exact) mass is 428 g/mol. The van der Waals surface area contributed by atoms with E-state index in [1.54, 1.807) is 30.3 Å². The molecule has 3 aromatic carbocycles. The molecule has 4 rings (SSSR count). The number of anilines is 1. The van der Waals surface area contributed by atoms with Gasteiger partial charge in [-0.15, -0.1) is 0 Å². The molecule has 0 saturated heterocycles. The molecule has 0 aliphatic heterocycles. The van der Waals surface area contributed by atoms with Gasteiger partial charge in [-0.25, -0.2) is 18.4 Å². The summed E-state index contributed by atoms with van der Waals surface area (Å²) in [6.45, 7) is 2.29. The first-order chi connectivity index (χ1) is 15.0. The number of para-hydroxylation sites is 2. The highest BCUT2D eigenvalue weighted by Gasteiger charge is 2.33. The zero-order chi connectivity index (χ0) is 21.8. The van der Waals surface area contributed by atoms with Crippen LogP contribution in [0.4, 0.5) is 5.82 Å². The first-order valence-corrected chi connectivity index (χ1v) is 11.3. The van der Waals surface area contributed by atoms with Gasteiger partial charge in [-0.05, 0) is 36.8 Å². The Morgan fingerprint density at radius 3 is 2.16 bits per heavy atom. The van der Waals surface area contributed by atoms with Gasteiger partial charge in [-0.3, -0.25) is 0 Å². The second kappa shape index (κ2) is 8.54. The first kappa shape index (κ1) is 20.5. The maximum atomic E-state index is 13.3. The molecule has 0 spiro atoms. The molecule has 0 fully saturated rings. The smallest absolute Gasteiger partial charge is 0.200 e. The molecule has 31 heavy (non-hydrogen) atoms. The molecule has 0 unspecified atom stereocenters. The van der Waals surface area contributed by atoms with Crippen molar-refractivity contribution >= 4 is 26.7 Å². The van der Waals surface area contributed by atoms with Crippen molar-refractivity contribution in [3.63, 3.8) is 0 Å². The summed E-state index contributed by atoms with van der Waals surface area (Å²) in [5.74, 6) is 0.282. The van der Waals surface area contributed by atoms with Crippen LogP contribution in [0, 0.1) is 18.3 Å². The van der Waals surface area contributed by atoms with Crippen LogP contribution in [0.25, 0.3) is 11.0 Å². The number of nitriles is 1. The van der Waals surface area contributed by atoms with Crippen LogP contribution in [-0.4, -0.2) is 18.4 Å². The zero-order valence-electron chi connectivity index (χ0n) is 16.9. The lowest BCUT2D eigenvalue weighted by atomic mass is 10.2. The number of rotatable bonds is 6. The van der Waals surface area contributed by atoms with Gasteiger partial charge in [0, 0.05) is 6.54 Å². The van der Waals surface area contributed by atoms with Crippen LogP contribution in [-0.2, 0) is 16.4 Å². The third kappa shape index (κ3) is 4.25. The molecule has 1 aromatic heterocycles. The summed E-state index contributed by atoms with van der Waals surface area (Å²) in [4.78, 5) is 9.21. The van der Waals surface area contributed by atoms with E-state index in [-0.39, 0.29) is 16.4 Å². The Labute approximate surface area is 181 Å². The summed E-state index contributed by atoms with van der Waals surface area (Å²) in [6, 6.07) is 25.2. The number of benzene rings is 3. The molecule has 0 aliphatic rings. The summed E-state index contributed by atoms with van der Waals surface area (Å²) < 4.78 is 26.6. The molecule has 0 bridgehead atoms. The van der Waals surface area contributed by atoms with Gasteiger partial charge in [0.15, 0.2) is 11.1 Å². The predicted octanol–water partition coefficient (Wildman–Crippen LogP) is 4.59. The number of nitrogens with one attached hydrogen (secondary N) is 1. The SMILES string of the molecule is Cc1ccc(S(=O)(=O)[C@@H](C#N)c2nc3ccccc3nc2NCc2ccccc2)cc1. The van der Waals surface area contributed by atoms with Gasteiger partial charge in [-0.1, -0.05) is 60.2 Å². The number of hydrogen-bond acceptors (Lipinski definition) is 6. The number of aromatic nitrogens is 2. The average Bonchev–Trinajstić information content (AvgIpc) is 2.79. The van der Waals surface area contributed by atoms with Crippen LogP contribution in [0.3, 0.4) is 0 Å². The average molecular weight is 429 g/mol. The van der Waals surface area contributed by atoms with Gasteiger partial charge in [-0.2, -0.15) is 5.26 Å². The molecule has 7 heteroatoms. The maximum Gasteiger partial charge on any atom is 0.200 e. The Morgan fingerprint density at radius 1 is 0.903 bits per heavy atom. The molecule has 4 aromatic rings. The summed E-state index contributed by atoms with van der Waals surface area (Å²) in [5.41, 5.74) is 3.17. The van der Waals surface area contributed by atoms with Gasteiger partial charge in [0.25, 0.3) is 0 Å². The molecule has 0 aliphatic carbocycles. The molecular formula is C24H20N4O2S. The molecule has 1 heterocycles. The molecule has 6 nitrogen and oxygen atoms in total. The quantitative estimate of drug-likeness (QED) is 0.483. The van der Waals surface area contributed by atoms with E-state index in [1.807, 2.05) is 49.4 Å². The summed E-state index contributed by atoms with van der Waals surface area (Å²) >= 11 is 0. The van der Waals surface area contributed by atoms with Crippen molar-refractivity contribution < 1.29 is 8.42 Å². The fraction of sp³-hybridized carbons (Fsp3) is 0.125. The van der Waals surface area contributed by atoms with E-state index in [2.05, 4.69) is 15.3 Å². The highest BCUT2D eigenvalue weighted by atomic mass is 32.2. The van der Waals surface area contributed by atoms with E-state index < -0.39 is 15.1 Å². The minimum atomic E-state index is -4.00. The number of sulfone groups is 1. The third-order valence-electron chi connectivity index (χ3n) is 4.93. The largest absolute Gasteiger partial charge is 0.364 e. The van der Waals surface area contributed by atoms with Crippen molar-refractivity contribution in [3.05, 3.63) is 95.7 Å². The standard InChI is InChI=1S/C24H20N4O2S/c1-17-11-13-19(14-12-17)31(29,30)22(15-25)23-24(26-16-18-7-3-2-4-8-18)28-21-10-6-5-9-20(21)27-23/h2-14,22H,16H2,1H3,(H,26,28)/t22-/m0/s1. The number of hydrogen-bond donors (Lipinski definition) is 1. The molecular weight excluding hydrogens is 408 g/mol. The van der Waals surface area contributed by atoms with Gasteiger partial charge in [0.1, 0.15) is 5.69 Å². The molecule has 154 valence electrons. The molecule has 1 N–H and O–H groups in total. The minimum absolute atomic E-state index is 0.0774. The maximum absolute atomic E-state index is 13.3. The van der Waals surface area contributed by atoms with E-state index in [9.17, 15) is 13.7 Å². The van der Waals surface area contributed by atoms with E-state index in [0.29, 0.717) is 17.6 Å². The van der Waals surface area contributed by atoms with E-state index in [0.717, 1.165) is 11.1 Å². The molecule has 0 amide bonds. The Hall–Kier alpha value is -3.76. The Kier molecular flexibility index (Phi) is 5.65. The van der Waals surface area contributed by atoms with Gasteiger partial charge < -0.3 is 5.32 Å². The van der Waals surface area contributed by atoms with Crippen molar-refractivity contribution in [1.29, 1.82) is 5.26 Å². The summed E-state index contributed by atoms with van der Waals surface area (Å²) in [6.07, 6.45) is 0. The Morgan fingerprint density at radius 2 is 1.52 bits per heavy atom. The van der Waals surface area contributed by atoms with Crippen molar-refractivity contribution in [1.82, 2.24) is 9.97 Å². The lowest BCUT2D eigenvalue weighted by Crippen LogP contribution is -2.17. The van der Waals surface area contributed by atoms with Crippen LogP contribution < -0.4 is 5.32 Å². The lowest BCUT2D eigenvalue weighted by Gasteiger charge is -2.16. The minimum Gasteiger partial charge on any atom is -0.364 e. The first-order valence-electron chi connectivity index (χ1n) is 9.74. The normalized spacial score (nSPS) is 12.3. The van der Waals surface area contributed by atoms with Crippen molar-refractivity contribution in [2.75, 3.05) is 5.32 Å². The summed E-state index contributed by atoms with van der Waals surface area (Å²) in [7, 11) is -4.00. The molecule has 1 atom stereocenters. The lowest BCUT2D eigenvalue weighted by molar-refractivity contribution is 0.590. The number of aryl methyl sites for hydroxylation is 1. The van der Waals surface area contributed by atoms with Crippen molar-refractivity contribution in [2.45, 2.75) is 23.6 Å². The van der Waals surface area contributed by atoms with E-state index >= 15 is 0 Å². The second-order valence-electron chi connectivity index (χ2n) is 7.15. The predicted molar refractivity (Wildman–Crippen MR) is 120 cm³/mol. The van der Waals surface area contributed by atoms with E-state index in [1.165, 1.54) is 12.1 Å². The topological polar surface area (TPSA) is 95.7 Å². The van der Waals surface area contributed by atoms with Crippen LogP contribution in [0.1, 0.15) is 22.1 Å². The Balaban J connectivity index is 1.81. The van der Waals surface area contributed by atoms with Crippen LogP contribution >= 0.6 is 0 Å². The molecule has 0 radical (unpaired) electrons. The third-order valence-corrected chi connectivity index (χ3v) is 6.80. The van der Waals surface area contributed by atoms with Crippen LogP contribution in [0.2, 0.25) is 0 Å². The fourth-order valence-corrected chi connectivity index (χ4v) is 4.63. The number of fused-ring (bicyclic) bond motifs is 1. The van der Waals surface area contributed by atoms with Crippen molar-refractivity contribution in [3.8, 4) is 6.07 Å². The zero-order valence-corrected chi connectivity index (χ0v) is 17.7. The van der Waals surface area contributed by atoms with Crippen molar-refractivity contribution in [2.24, 2.45) is 0 Å². The second-order valence-corrected chi connectivity index (χ2v) is 9.19. The Bertz CT molecular complexity index is 1360. The van der Waals surface area contributed by atoms with Crippen LogP contribution in [0.5, 0.6) is 0 Å². The van der Waals surface area contributed by atoms with Gasteiger partial charge in [0.05, 0.1) is 22.0 Å². The highest BCUT2D eigenvalue weighted by Crippen LogP contribution is 2.32. The number of nitrogens with zero attached hydrogens (tertiary/aromatic N) is 3. The highest BCUT2D eigenvalue weighted by molar-refractivity contribution is 7.92. The van der Waals surface area contributed by atoms with Crippen LogP contribution in [0.15, 0.2) is 83.8 Å². The fourth-order valence-electron chi connectivity index (χ4n) is 3.25.